The number of hydrogen-bond donors (Lipinski definition) is 6. The van der Waals surface area contributed by atoms with Crippen molar-refractivity contribution in [2.45, 2.75) is 31.1 Å². The second kappa shape index (κ2) is 8.78. The van der Waals surface area contributed by atoms with Gasteiger partial charge >= 0.3 is 0 Å². The minimum absolute atomic E-state index is 0.0984. The second-order valence-electron chi connectivity index (χ2n) is 7.10. The molecule has 11 nitrogen and oxygen atoms in total. The third kappa shape index (κ3) is 3.99. The Labute approximate surface area is 177 Å². The van der Waals surface area contributed by atoms with Gasteiger partial charge in [-0.3, -0.25) is 4.57 Å². The molecular weight excluding hydrogens is 402 g/mol. The van der Waals surface area contributed by atoms with Crippen molar-refractivity contribution in [3.63, 3.8) is 0 Å². The van der Waals surface area contributed by atoms with Gasteiger partial charge in [0.05, 0.1) is 18.5 Å². The molecule has 31 heavy (non-hydrogen) atoms. The predicted molar refractivity (Wildman–Crippen MR) is 113 cm³/mol. The zero-order valence-corrected chi connectivity index (χ0v) is 16.5. The summed E-state index contributed by atoms with van der Waals surface area (Å²) < 4.78 is 7.00. The summed E-state index contributed by atoms with van der Waals surface area (Å²) >= 11 is 0. The number of aliphatic hydroxyl groups excluding tert-OH is 3. The first-order chi connectivity index (χ1) is 15.0. The van der Waals surface area contributed by atoms with Crippen LogP contribution in [0.15, 0.2) is 42.9 Å². The van der Waals surface area contributed by atoms with Crippen molar-refractivity contribution in [2.24, 2.45) is 0 Å². The van der Waals surface area contributed by atoms with Crippen LogP contribution >= 0.6 is 0 Å². The molecule has 4 rings (SSSR count). The zero-order chi connectivity index (χ0) is 22.0. The summed E-state index contributed by atoms with van der Waals surface area (Å²) in [5, 5.41) is 40.6. The Morgan fingerprint density at radius 2 is 2.00 bits per heavy atom. The van der Waals surface area contributed by atoms with E-state index in [1.54, 1.807) is 6.20 Å². The van der Waals surface area contributed by atoms with Gasteiger partial charge in [0.2, 0.25) is 0 Å². The normalized spacial score (nSPS) is 23.9. The SMILES string of the molecule is N=C/C(=C\NCc1ccccc1)c1nc(N)c2ncn(C3O[C@H](CO)[C@@H](O)[C@H]3O)c2n1. The van der Waals surface area contributed by atoms with Crippen LogP contribution in [0.3, 0.4) is 0 Å². The fraction of sp³-hybridized carbons (Fsp3) is 0.300. The monoisotopic (exact) mass is 425 g/mol. The number of nitrogens with one attached hydrogen (secondary N) is 2. The summed E-state index contributed by atoms with van der Waals surface area (Å²) in [4.78, 5) is 12.9. The predicted octanol–water partition coefficient (Wildman–Crippen LogP) is -0.200. The second-order valence-corrected chi connectivity index (χ2v) is 7.10. The Morgan fingerprint density at radius 3 is 2.68 bits per heavy atom. The van der Waals surface area contributed by atoms with E-state index in [9.17, 15) is 15.3 Å². The molecule has 2 aromatic heterocycles. The Balaban J connectivity index is 1.65. The molecule has 0 spiro atoms. The molecule has 1 aliphatic heterocycles. The highest BCUT2D eigenvalue weighted by Crippen LogP contribution is 2.32. The van der Waals surface area contributed by atoms with E-state index in [1.165, 1.54) is 10.9 Å². The molecule has 0 radical (unpaired) electrons. The van der Waals surface area contributed by atoms with Crippen molar-refractivity contribution in [3.8, 4) is 0 Å². The van der Waals surface area contributed by atoms with Gasteiger partial charge in [0, 0.05) is 19.0 Å². The number of benzene rings is 1. The highest BCUT2D eigenvalue weighted by Gasteiger charge is 2.44. The molecule has 0 bridgehead atoms. The van der Waals surface area contributed by atoms with Crippen LogP contribution in [0.4, 0.5) is 5.82 Å². The van der Waals surface area contributed by atoms with E-state index in [0.29, 0.717) is 17.6 Å². The first-order valence-corrected chi connectivity index (χ1v) is 9.64. The van der Waals surface area contributed by atoms with Gasteiger partial charge in [0.25, 0.3) is 0 Å². The average Bonchev–Trinajstić information content (AvgIpc) is 3.33. The summed E-state index contributed by atoms with van der Waals surface area (Å²) in [7, 11) is 0. The Morgan fingerprint density at radius 1 is 1.23 bits per heavy atom. The maximum atomic E-state index is 10.3. The number of imidazole rings is 1. The summed E-state index contributed by atoms with van der Waals surface area (Å²) in [6.45, 7) is 0.105. The van der Waals surface area contributed by atoms with E-state index in [2.05, 4.69) is 20.3 Å². The van der Waals surface area contributed by atoms with E-state index in [0.717, 1.165) is 11.8 Å². The van der Waals surface area contributed by atoms with Gasteiger partial charge in [-0.1, -0.05) is 30.3 Å². The van der Waals surface area contributed by atoms with Crippen LogP contribution in [0.25, 0.3) is 16.7 Å². The maximum Gasteiger partial charge on any atom is 0.168 e. The zero-order valence-electron chi connectivity index (χ0n) is 16.5. The molecule has 1 aromatic carbocycles. The molecule has 1 fully saturated rings. The highest BCUT2D eigenvalue weighted by atomic mass is 16.6. The number of aromatic nitrogens is 4. The van der Waals surface area contributed by atoms with Gasteiger partial charge in [0.1, 0.15) is 23.8 Å². The van der Waals surface area contributed by atoms with Gasteiger partial charge in [-0.25, -0.2) is 15.0 Å². The third-order valence-electron chi connectivity index (χ3n) is 5.06. The van der Waals surface area contributed by atoms with Gasteiger partial charge in [-0.15, -0.1) is 0 Å². The van der Waals surface area contributed by atoms with E-state index in [1.807, 2.05) is 30.3 Å². The van der Waals surface area contributed by atoms with Crippen LogP contribution in [-0.2, 0) is 11.3 Å². The number of nitrogen functional groups attached to an aromatic ring is 1. The lowest BCUT2D eigenvalue weighted by atomic mass is 10.1. The molecule has 4 atom stereocenters. The Bertz CT molecular complexity index is 1100. The van der Waals surface area contributed by atoms with Crippen LogP contribution in [0.2, 0.25) is 0 Å². The molecule has 3 heterocycles. The van der Waals surface area contributed by atoms with Crippen molar-refractivity contribution in [2.75, 3.05) is 12.3 Å². The van der Waals surface area contributed by atoms with Crippen LogP contribution in [0.1, 0.15) is 17.6 Å². The highest BCUT2D eigenvalue weighted by molar-refractivity contribution is 6.07. The first kappa shape index (κ1) is 20.9. The fourth-order valence-corrected chi connectivity index (χ4v) is 3.41. The Kier molecular flexibility index (Phi) is 5.91. The smallest absolute Gasteiger partial charge is 0.168 e. The minimum atomic E-state index is -1.29. The van der Waals surface area contributed by atoms with Gasteiger partial charge in [-0.2, -0.15) is 0 Å². The van der Waals surface area contributed by atoms with Crippen molar-refractivity contribution in [1.82, 2.24) is 24.8 Å². The lowest BCUT2D eigenvalue weighted by Crippen LogP contribution is -2.33. The molecular formula is C20H23N7O4. The average molecular weight is 425 g/mol. The van der Waals surface area contributed by atoms with Gasteiger partial charge in [0.15, 0.2) is 23.5 Å². The molecule has 0 amide bonds. The van der Waals surface area contributed by atoms with Crippen LogP contribution in [0, 0.1) is 5.41 Å². The van der Waals surface area contributed by atoms with E-state index >= 15 is 0 Å². The molecule has 0 saturated carbocycles. The van der Waals surface area contributed by atoms with Crippen LogP contribution in [0.5, 0.6) is 0 Å². The fourth-order valence-electron chi connectivity index (χ4n) is 3.41. The number of rotatable bonds is 7. The number of hydrogen-bond acceptors (Lipinski definition) is 10. The maximum absolute atomic E-state index is 10.3. The van der Waals surface area contributed by atoms with Gasteiger partial charge < -0.3 is 36.5 Å². The molecule has 1 saturated heterocycles. The van der Waals surface area contributed by atoms with E-state index in [-0.39, 0.29) is 17.3 Å². The molecule has 7 N–H and O–H groups in total. The summed E-state index contributed by atoms with van der Waals surface area (Å²) in [5.41, 5.74) is 8.08. The number of aliphatic hydroxyl groups is 3. The number of allylic oxidation sites excluding steroid dienone is 1. The molecule has 0 aliphatic carbocycles. The molecule has 1 unspecified atom stereocenters. The molecule has 1 aliphatic rings. The van der Waals surface area contributed by atoms with Crippen LogP contribution < -0.4 is 11.1 Å². The minimum Gasteiger partial charge on any atom is -0.394 e. The third-order valence-corrected chi connectivity index (χ3v) is 5.06. The number of ether oxygens (including phenoxy) is 1. The van der Waals surface area contributed by atoms with Crippen molar-refractivity contribution < 1.29 is 20.1 Å². The standard InChI is InChI=1S/C20H23N7O4/c21-6-12(8-23-7-11-4-2-1-3-5-11)18-25-17(22)14-19(26-18)27(10-24-14)20-16(30)15(29)13(9-28)31-20/h1-6,8,10,13,15-16,20-21,23,28-30H,7,9H2,(H2,22,25,26)/b12-8+,21-6?/t13-,15-,16-,20?/m1/s1. The van der Waals surface area contributed by atoms with Crippen molar-refractivity contribution in [1.29, 1.82) is 5.41 Å². The van der Waals surface area contributed by atoms with E-state index < -0.39 is 31.1 Å². The number of fused-ring (bicyclic) bond motifs is 1. The quantitative estimate of drug-likeness (QED) is 0.280. The summed E-state index contributed by atoms with van der Waals surface area (Å²) in [6.07, 6.45) is -0.399. The largest absolute Gasteiger partial charge is 0.394 e. The van der Waals surface area contributed by atoms with Crippen molar-refractivity contribution in [3.05, 3.63) is 54.2 Å². The summed E-state index contributed by atoms with van der Waals surface area (Å²) in [5.74, 6) is 0.287. The van der Waals surface area contributed by atoms with Crippen LogP contribution in [-0.4, -0.2) is 66.0 Å². The molecule has 3 aromatic rings. The van der Waals surface area contributed by atoms with E-state index in [4.69, 9.17) is 15.9 Å². The summed E-state index contributed by atoms with van der Waals surface area (Å²) in [6, 6.07) is 9.77. The topological polar surface area (TPSA) is 175 Å². The number of anilines is 1. The lowest BCUT2D eigenvalue weighted by molar-refractivity contribution is -0.0511. The number of nitrogens with zero attached hydrogens (tertiary/aromatic N) is 4. The Hall–Kier alpha value is -3.38. The lowest BCUT2D eigenvalue weighted by Gasteiger charge is -2.16. The molecule has 162 valence electrons. The van der Waals surface area contributed by atoms with Gasteiger partial charge in [-0.05, 0) is 5.56 Å². The first-order valence-electron chi connectivity index (χ1n) is 9.64. The number of nitrogens with two attached hydrogens (primary N) is 1. The van der Waals surface area contributed by atoms with Crippen molar-refractivity contribution >= 4 is 28.8 Å². The molecule has 11 heteroatoms.